The first-order chi connectivity index (χ1) is 9.95. The summed E-state index contributed by atoms with van der Waals surface area (Å²) in [6.45, 7) is 5.56. The van der Waals surface area contributed by atoms with E-state index >= 15 is 0 Å². The lowest BCUT2D eigenvalue weighted by molar-refractivity contribution is -0.142. The molecule has 2 nitrogen and oxygen atoms in total. The molecule has 0 aliphatic heterocycles. The van der Waals surface area contributed by atoms with Crippen LogP contribution in [0.4, 0.5) is 0 Å². The van der Waals surface area contributed by atoms with Gasteiger partial charge in [-0.25, -0.2) is 0 Å². The average Bonchev–Trinajstić information content (AvgIpc) is 2.46. The lowest BCUT2D eigenvalue weighted by Gasteiger charge is -2.16. The zero-order valence-electron chi connectivity index (χ0n) is 12.5. The first kappa shape index (κ1) is 13.6. The number of rotatable bonds is 1. The van der Waals surface area contributed by atoms with Gasteiger partial charge in [0.2, 0.25) is 0 Å². The van der Waals surface area contributed by atoms with E-state index in [1.165, 1.54) is 10.8 Å². The maximum absolute atomic E-state index is 12.0. The van der Waals surface area contributed by atoms with Crippen molar-refractivity contribution in [3.8, 4) is 5.75 Å². The largest absolute Gasteiger partial charge is 0.426 e. The van der Waals surface area contributed by atoms with Gasteiger partial charge in [0.15, 0.2) is 0 Å². The molecule has 0 heterocycles. The summed E-state index contributed by atoms with van der Waals surface area (Å²) in [6.07, 6.45) is 0. The zero-order chi connectivity index (χ0) is 15.0. The lowest BCUT2D eigenvalue weighted by atomic mass is 9.97. The maximum Gasteiger partial charge on any atom is 0.316 e. The summed E-state index contributed by atoms with van der Waals surface area (Å²) in [5, 5.41) is 4.60. The third-order valence-corrected chi connectivity index (χ3v) is 3.54. The van der Waals surface area contributed by atoms with Gasteiger partial charge in [0.1, 0.15) is 5.75 Å². The van der Waals surface area contributed by atoms with Crippen molar-refractivity contribution in [1.29, 1.82) is 0 Å². The molecule has 21 heavy (non-hydrogen) atoms. The SMILES string of the molecule is CC(C)(C)C(=O)Oc1ccc2ccc3ccccc3c2c1. The Kier molecular flexibility index (Phi) is 3.17. The first-order valence-corrected chi connectivity index (χ1v) is 7.09. The Bertz CT molecular complexity index is 826. The van der Waals surface area contributed by atoms with Crippen LogP contribution < -0.4 is 4.74 Å². The number of esters is 1. The highest BCUT2D eigenvalue weighted by Crippen LogP contribution is 2.29. The number of benzene rings is 3. The van der Waals surface area contributed by atoms with Crippen LogP contribution in [0.25, 0.3) is 21.5 Å². The van der Waals surface area contributed by atoms with Crippen molar-refractivity contribution < 1.29 is 9.53 Å². The quantitative estimate of drug-likeness (QED) is 0.358. The van der Waals surface area contributed by atoms with Crippen molar-refractivity contribution >= 4 is 27.5 Å². The molecule has 0 saturated heterocycles. The maximum atomic E-state index is 12.0. The van der Waals surface area contributed by atoms with Crippen molar-refractivity contribution in [3.05, 3.63) is 54.6 Å². The van der Waals surface area contributed by atoms with Crippen LogP contribution in [0.2, 0.25) is 0 Å². The predicted octanol–water partition coefficient (Wildman–Crippen LogP) is 4.94. The van der Waals surface area contributed by atoms with Crippen LogP contribution in [0.3, 0.4) is 0 Å². The summed E-state index contributed by atoms with van der Waals surface area (Å²) in [5.41, 5.74) is -0.506. The smallest absolute Gasteiger partial charge is 0.316 e. The van der Waals surface area contributed by atoms with Crippen molar-refractivity contribution in [1.82, 2.24) is 0 Å². The highest BCUT2D eigenvalue weighted by Gasteiger charge is 2.23. The fraction of sp³-hybridized carbons (Fsp3) is 0.211. The second-order valence-electron chi connectivity index (χ2n) is 6.31. The minimum absolute atomic E-state index is 0.220. The summed E-state index contributed by atoms with van der Waals surface area (Å²) in [6, 6.07) is 18.2. The van der Waals surface area contributed by atoms with Crippen LogP contribution in [0, 0.1) is 5.41 Å². The van der Waals surface area contributed by atoms with Gasteiger partial charge >= 0.3 is 5.97 Å². The van der Waals surface area contributed by atoms with E-state index in [2.05, 4.69) is 24.3 Å². The molecule has 0 radical (unpaired) electrons. The number of carbonyl (C=O) groups is 1. The van der Waals surface area contributed by atoms with E-state index in [4.69, 9.17) is 4.74 Å². The third kappa shape index (κ3) is 2.62. The number of hydrogen-bond acceptors (Lipinski definition) is 2. The highest BCUT2D eigenvalue weighted by molar-refractivity contribution is 6.07. The number of hydrogen-bond donors (Lipinski definition) is 0. The van der Waals surface area contributed by atoms with Crippen LogP contribution >= 0.6 is 0 Å². The predicted molar refractivity (Wildman–Crippen MR) is 86.5 cm³/mol. The molecule has 0 amide bonds. The molecule has 0 aromatic heterocycles. The van der Waals surface area contributed by atoms with Gasteiger partial charge in [-0.05, 0) is 54.4 Å². The Labute approximate surface area is 124 Å². The van der Waals surface area contributed by atoms with Crippen LogP contribution in [-0.4, -0.2) is 5.97 Å². The Morgan fingerprint density at radius 1 is 0.857 bits per heavy atom. The van der Waals surface area contributed by atoms with Crippen LogP contribution in [0.5, 0.6) is 5.75 Å². The minimum atomic E-state index is -0.506. The standard InChI is InChI=1S/C19H18O2/c1-19(2,3)18(20)21-15-11-10-14-9-8-13-6-4-5-7-16(13)17(14)12-15/h4-12H,1-3H3. The van der Waals surface area contributed by atoms with E-state index in [-0.39, 0.29) is 5.97 Å². The normalized spacial score (nSPS) is 11.8. The fourth-order valence-electron chi connectivity index (χ4n) is 2.30. The van der Waals surface area contributed by atoms with Crippen molar-refractivity contribution in [3.63, 3.8) is 0 Å². The fourth-order valence-corrected chi connectivity index (χ4v) is 2.30. The molecule has 3 aromatic rings. The molecule has 0 aliphatic rings. The molecular formula is C19H18O2. The molecule has 0 spiro atoms. The van der Waals surface area contributed by atoms with E-state index < -0.39 is 5.41 Å². The van der Waals surface area contributed by atoms with Gasteiger partial charge in [-0.1, -0.05) is 42.5 Å². The Morgan fingerprint density at radius 2 is 1.48 bits per heavy atom. The summed E-state index contributed by atoms with van der Waals surface area (Å²) >= 11 is 0. The van der Waals surface area contributed by atoms with E-state index in [1.54, 1.807) is 0 Å². The van der Waals surface area contributed by atoms with E-state index in [0.717, 1.165) is 10.8 Å². The van der Waals surface area contributed by atoms with Gasteiger partial charge in [0.25, 0.3) is 0 Å². The number of carbonyl (C=O) groups excluding carboxylic acids is 1. The Morgan fingerprint density at radius 3 is 2.19 bits per heavy atom. The summed E-state index contributed by atoms with van der Waals surface area (Å²) in [5.74, 6) is 0.376. The summed E-state index contributed by atoms with van der Waals surface area (Å²) in [4.78, 5) is 12.0. The van der Waals surface area contributed by atoms with Crippen LogP contribution in [0.1, 0.15) is 20.8 Å². The van der Waals surface area contributed by atoms with Crippen molar-refractivity contribution in [2.24, 2.45) is 5.41 Å². The number of ether oxygens (including phenoxy) is 1. The monoisotopic (exact) mass is 278 g/mol. The van der Waals surface area contributed by atoms with Crippen LogP contribution in [-0.2, 0) is 4.79 Å². The first-order valence-electron chi connectivity index (χ1n) is 7.09. The Hall–Kier alpha value is -2.35. The molecule has 0 bridgehead atoms. The second kappa shape index (κ2) is 4.88. The van der Waals surface area contributed by atoms with Gasteiger partial charge in [-0.2, -0.15) is 0 Å². The second-order valence-corrected chi connectivity index (χ2v) is 6.31. The minimum Gasteiger partial charge on any atom is -0.426 e. The molecule has 2 heteroatoms. The van der Waals surface area contributed by atoms with E-state index in [9.17, 15) is 4.79 Å². The topological polar surface area (TPSA) is 26.3 Å². The molecule has 106 valence electrons. The van der Waals surface area contributed by atoms with Gasteiger partial charge in [-0.15, -0.1) is 0 Å². The van der Waals surface area contributed by atoms with Gasteiger partial charge < -0.3 is 4.74 Å². The van der Waals surface area contributed by atoms with E-state index in [1.807, 2.05) is 51.1 Å². The van der Waals surface area contributed by atoms with Crippen molar-refractivity contribution in [2.45, 2.75) is 20.8 Å². The summed E-state index contributed by atoms with van der Waals surface area (Å²) < 4.78 is 5.50. The molecule has 0 aliphatic carbocycles. The van der Waals surface area contributed by atoms with Gasteiger partial charge in [0.05, 0.1) is 5.41 Å². The van der Waals surface area contributed by atoms with E-state index in [0.29, 0.717) is 5.75 Å². The molecule has 0 atom stereocenters. The molecular weight excluding hydrogens is 260 g/mol. The zero-order valence-corrected chi connectivity index (χ0v) is 12.5. The molecule has 0 N–H and O–H groups in total. The van der Waals surface area contributed by atoms with Gasteiger partial charge in [0, 0.05) is 0 Å². The number of fused-ring (bicyclic) bond motifs is 3. The average molecular weight is 278 g/mol. The molecule has 3 rings (SSSR count). The summed E-state index contributed by atoms with van der Waals surface area (Å²) in [7, 11) is 0. The molecule has 0 fully saturated rings. The molecule has 3 aromatic carbocycles. The Balaban J connectivity index is 2.10. The highest BCUT2D eigenvalue weighted by atomic mass is 16.5. The lowest BCUT2D eigenvalue weighted by Crippen LogP contribution is -2.25. The van der Waals surface area contributed by atoms with Crippen LogP contribution in [0.15, 0.2) is 54.6 Å². The third-order valence-electron chi connectivity index (χ3n) is 3.54. The molecule has 0 unspecified atom stereocenters. The van der Waals surface area contributed by atoms with Crippen molar-refractivity contribution in [2.75, 3.05) is 0 Å². The van der Waals surface area contributed by atoms with Gasteiger partial charge in [-0.3, -0.25) is 4.79 Å². The molecule has 0 saturated carbocycles.